The van der Waals surface area contributed by atoms with Crippen molar-refractivity contribution in [3.8, 4) is 0 Å². The van der Waals surface area contributed by atoms with E-state index in [0.29, 0.717) is 0 Å². The molecule has 5 nitrogen and oxygen atoms in total. The maximum atomic E-state index is 9.98. The SMILES string of the molecule is OC1COC(O)(c2ccccc2)C1(O)O. The van der Waals surface area contributed by atoms with Crippen molar-refractivity contribution in [1.82, 2.24) is 0 Å². The second-order valence-electron chi connectivity index (χ2n) is 3.56. The third-order valence-corrected chi connectivity index (χ3v) is 2.58. The van der Waals surface area contributed by atoms with Gasteiger partial charge in [0.1, 0.15) is 6.10 Å². The van der Waals surface area contributed by atoms with E-state index in [1.807, 2.05) is 0 Å². The van der Waals surface area contributed by atoms with Crippen molar-refractivity contribution in [1.29, 1.82) is 0 Å². The molecule has 1 aliphatic rings. The Morgan fingerprint density at radius 1 is 1.13 bits per heavy atom. The molecule has 1 fully saturated rings. The molecule has 5 heteroatoms. The van der Waals surface area contributed by atoms with Gasteiger partial charge in [-0.15, -0.1) is 0 Å². The molecule has 1 aromatic carbocycles. The van der Waals surface area contributed by atoms with Crippen LogP contribution in [0, 0.1) is 0 Å². The molecule has 1 aliphatic heterocycles. The summed E-state index contributed by atoms with van der Waals surface area (Å²) < 4.78 is 4.86. The molecule has 0 spiro atoms. The van der Waals surface area contributed by atoms with Gasteiger partial charge < -0.3 is 25.2 Å². The van der Waals surface area contributed by atoms with E-state index >= 15 is 0 Å². The largest absolute Gasteiger partial charge is 0.385 e. The van der Waals surface area contributed by atoms with Gasteiger partial charge >= 0.3 is 0 Å². The zero-order valence-electron chi connectivity index (χ0n) is 7.87. The second-order valence-corrected chi connectivity index (χ2v) is 3.56. The first-order chi connectivity index (χ1) is 6.98. The van der Waals surface area contributed by atoms with Crippen molar-refractivity contribution >= 4 is 0 Å². The first-order valence-corrected chi connectivity index (χ1v) is 4.53. The van der Waals surface area contributed by atoms with Crippen LogP contribution in [-0.4, -0.2) is 38.9 Å². The highest BCUT2D eigenvalue weighted by Gasteiger charge is 2.61. The predicted octanol–water partition coefficient (Wildman–Crippen LogP) is -1.10. The van der Waals surface area contributed by atoms with Gasteiger partial charge in [0.25, 0.3) is 11.6 Å². The lowest BCUT2D eigenvalue weighted by atomic mass is 9.96. The fraction of sp³-hybridized carbons (Fsp3) is 0.400. The molecular weight excluding hydrogens is 200 g/mol. The van der Waals surface area contributed by atoms with E-state index in [1.165, 1.54) is 12.1 Å². The molecule has 0 aliphatic carbocycles. The summed E-state index contributed by atoms with van der Waals surface area (Å²) in [5.74, 6) is -4.98. The molecule has 82 valence electrons. The van der Waals surface area contributed by atoms with Crippen LogP contribution in [0.3, 0.4) is 0 Å². The third-order valence-electron chi connectivity index (χ3n) is 2.58. The summed E-state index contributed by atoms with van der Waals surface area (Å²) in [5.41, 5.74) is 0.187. The van der Waals surface area contributed by atoms with Gasteiger partial charge in [-0.3, -0.25) is 0 Å². The Bertz CT molecular complexity index is 350. The lowest BCUT2D eigenvalue weighted by Gasteiger charge is -2.33. The smallest absolute Gasteiger partial charge is 0.252 e. The average Bonchev–Trinajstić information content (AvgIpc) is 2.45. The maximum absolute atomic E-state index is 9.98. The van der Waals surface area contributed by atoms with Gasteiger partial charge in [-0.25, -0.2) is 0 Å². The molecule has 15 heavy (non-hydrogen) atoms. The van der Waals surface area contributed by atoms with Gasteiger partial charge in [-0.05, 0) is 0 Å². The molecule has 2 atom stereocenters. The molecule has 0 radical (unpaired) electrons. The monoisotopic (exact) mass is 212 g/mol. The first-order valence-electron chi connectivity index (χ1n) is 4.53. The molecule has 1 heterocycles. The summed E-state index contributed by atoms with van der Waals surface area (Å²) >= 11 is 0. The molecule has 1 saturated heterocycles. The molecule has 0 aromatic heterocycles. The van der Waals surface area contributed by atoms with Crippen LogP contribution < -0.4 is 0 Å². The lowest BCUT2D eigenvalue weighted by molar-refractivity contribution is -0.352. The van der Waals surface area contributed by atoms with Gasteiger partial charge in [-0.1, -0.05) is 30.3 Å². The number of hydrogen-bond acceptors (Lipinski definition) is 5. The second kappa shape index (κ2) is 3.26. The van der Waals surface area contributed by atoms with Crippen LogP contribution >= 0.6 is 0 Å². The Labute approximate surface area is 86.2 Å². The Morgan fingerprint density at radius 3 is 2.20 bits per heavy atom. The minimum Gasteiger partial charge on any atom is -0.385 e. The van der Waals surface area contributed by atoms with Crippen LogP contribution in [0.15, 0.2) is 30.3 Å². The molecule has 0 amide bonds. The van der Waals surface area contributed by atoms with E-state index in [1.54, 1.807) is 18.2 Å². The molecule has 1 aromatic rings. The van der Waals surface area contributed by atoms with E-state index in [0.717, 1.165) is 0 Å². The van der Waals surface area contributed by atoms with Crippen LogP contribution in [0.2, 0.25) is 0 Å². The zero-order valence-corrected chi connectivity index (χ0v) is 7.87. The van der Waals surface area contributed by atoms with Gasteiger partial charge in [-0.2, -0.15) is 0 Å². The van der Waals surface area contributed by atoms with E-state index in [2.05, 4.69) is 0 Å². The first kappa shape index (κ1) is 10.5. The highest BCUT2D eigenvalue weighted by molar-refractivity contribution is 5.24. The highest BCUT2D eigenvalue weighted by Crippen LogP contribution is 2.40. The van der Waals surface area contributed by atoms with Crippen molar-refractivity contribution < 1.29 is 25.2 Å². The van der Waals surface area contributed by atoms with Crippen LogP contribution in [0.1, 0.15) is 5.56 Å². The third kappa shape index (κ3) is 1.37. The molecule has 0 bridgehead atoms. The van der Waals surface area contributed by atoms with Gasteiger partial charge in [0.15, 0.2) is 0 Å². The van der Waals surface area contributed by atoms with Crippen molar-refractivity contribution in [2.24, 2.45) is 0 Å². The number of ether oxygens (including phenoxy) is 1. The molecule has 2 unspecified atom stereocenters. The minimum absolute atomic E-state index is 0.187. The van der Waals surface area contributed by atoms with Crippen LogP contribution in [0.4, 0.5) is 0 Å². The number of hydrogen-bond donors (Lipinski definition) is 4. The summed E-state index contributed by atoms with van der Waals surface area (Å²) in [6.07, 6.45) is -1.54. The van der Waals surface area contributed by atoms with Crippen molar-refractivity contribution in [3.05, 3.63) is 35.9 Å². The number of benzene rings is 1. The molecular formula is C10H12O5. The summed E-state index contributed by atoms with van der Waals surface area (Å²) in [6.45, 7) is -0.335. The van der Waals surface area contributed by atoms with Gasteiger partial charge in [0.2, 0.25) is 0 Å². The Balaban J connectivity index is 2.44. The van der Waals surface area contributed by atoms with E-state index in [9.17, 15) is 20.4 Å². The van der Waals surface area contributed by atoms with E-state index in [4.69, 9.17) is 4.74 Å². The summed E-state index contributed by atoms with van der Waals surface area (Å²) in [7, 11) is 0. The standard InChI is InChI=1S/C10H12O5/c11-8-6-15-10(14,9(8,12)13)7-4-2-1-3-5-7/h1-5,8,11-14H,6H2. The van der Waals surface area contributed by atoms with Crippen LogP contribution in [0.5, 0.6) is 0 Å². The fourth-order valence-electron chi connectivity index (χ4n) is 1.61. The average molecular weight is 212 g/mol. The lowest BCUT2D eigenvalue weighted by Crippen LogP contribution is -2.54. The summed E-state index contributed by atoms with van der Waals surface area (Å²) in [5, 5.41) is 38.4. The van der Waals surface area contributed by atoms with Crippen molar-refractivity contribution in [2.75, 3.05) is 6.61 Å². The Kier molecular flexibility index (Phi) is 2.29. The number of aliphatic hydroxyl groups excluding tert-OH is 1. The van der Waals surface area contributed by atoms with Crippen molar-refractivity contribution in [2.45, 2.75) is 17.7 Å². The number of aliphatic hydroxyl groups is 4. The number of rotatable bonds is 1. The topological polar surface area (TPSA) is 90.2 Å². The molecule has 4 N–H and O–H groups in total. The quantitative estimate of drug-likeness (QED) is 0.444. The fourth-order valence-corrected chi connectivity index (χ4v) is 1.61. The van der Waals surface area contributed by atoms with Crippen LogP contribution in [0.25, 0.3) is 0 Å². The maximum Gasteiger partial charge on any atom is 0.252 e. The Hall–Kier alpha value is -0.980. The Morgan fingerprint density at radius 2 is 1.73 bits per heavy atom. The van der Waals surface area contributed by atoms with E-state index < -0.39 is 17.7 Å². The molecule has 2 rings (SSSR count). The summed E-state index contributed by atoms with van der Waals surface area (Å²) in [4.78, 5) is 0. The van der Waals surface area contributed by atoms with E-state index in [-0.39, 0.29) is 12.2 Å². The van der Waals surface area contributed by atoms with Crippen molar-refractivity contribution in [3.63, 3.8) is 0 Å². The highest BCUT2D eigenvalue weighted by atomic mass is 16.7. The van der Waals surface area contributed by atoms with Gasteiger partial charge in [0.05, 0.1) is 6.61 Å². The van der Waals surface area contributed by atoms with Crippen LogP contribution in [-0.2, 0) is 10.5 Å². The molecule has 0 saturated carbocycles. The zero-order chi connectivity index (χ0) is 11.1. The minimum atomic E-state index is -2.70. The summed E-state index contributed by atoms with van der Waals surface area (Å²) in [6, 6.07) is 7.93. The van der Waals surface area contributed by atoms with Gasteiger partial charge in [0, 0.05) is 5.56 Å². The normalized spacial score (nSPS) is 34.3. The predicted molar refractivity (Wildman–Crippen MR) is 49.5 cm³/mol.